The highest BCUT2D eigenvalue weighted by molar-refractivity contribution is 5.91. The van der Waals surface area contributed by atoms with E-state index >= 15 is 0 Å². The molecule has 0 N–H and O–H groups in total. The van der Waals surface area contributed by atoms with E-state index < -0.39 is 0 Å². The average molecular weight is 324 g/mol. The number of likely N-dealkylation sites (tertiary alicyclic amines) is 1. The molecule has 0 aliphatic carbocycles. The van der Waals surface area contributed by atoms with Crippen molar-refractivity contribution in [1.82, 2.24) is 19.6 Å². The van der Waals surface area contributed by atoms with E-state index in [2.05, 4.69) is 39.8 Å². The first-order valence-corrected chi connectivity index (χ1v) is 8.34. The van der Waals surface area contributed by atoms with Crippen LogP contribution in [0.25, 0.3) is 11.0 Å². The fourth-order valence-electron chi connectivity index (χ4n) is 3.49. The largest absolute Gasteiger partial charge is 0.351 e. The van der Waals surface area contributed by atoms with E-state index in [1.54, 1.807) is 6.07 Å². The molecule has 3 aromatic rings. The van der Waals surface area contributed by atoms with Gasteiger partial charge in [0.2, 0.25) is 5.76 Å². The highest BCUT2D eigenvalue weighted by Crippen LogP contribution is 2.24. The SMILES string of the molecule is Cc1nc2ccccc2n1CC1CCN(C(=O)c2ccno2)CC1. The summed E-state index contributed by atoms with van der Waals surface area (Å²) in [7, 11) is 0. The van der Waals surface area contributed by atoms with E-state index in [0.717, 1.165) is 43.8 Å². The van der Waals surface area contributed by atoms with Crippen molar-refractivity contribution in [2.24, 2.45) is 5.92 Å². The summed E-state index contributed by atoms with van der Waals surface area (Å²) in [6, 6.07) is 9.87. The Hall–Kier alpha value is -2.63. The van der Waals surface area contributed by atoms with Crippen LogP contribution in [-0.4, -0.2) is 38.6 Å². The van der Waals surface area contributed by atoms with Crippen LogP contribution < -0.4 is 0 Å². The summed E-state index contributed by atoms with van der Waals surface area (Å²) < 4.78 is 7.27. The van der Waals surface area contributed by atoms with Crippen molar-refractivity contribution < 1.29 is 9.32 Å². The van der Waals surface area contributed by atoms with Gasteiger partial charge >= 0.3 is 0 Å². The van der Waals surface area contributed by atoms with E-state index in [1.165, 1.54) is 11.7 Å². The Morgan fingerprint density at radius 2 is 2.04 bits per heavy atom. The molecule has 6 heteroatoms. The van der Waals surface area contributed by atoms with Crippen molar-refractivity contribution in [3.63, 3.8) is 0 Å². The van der Waals surface area contributed by atoms with Crippen molar-refractivity contribution in [2.75, 3.05) is 13.1 Å². The lowest BCUT2D eigenvalue weighted by atomic mass is 9.96. The molecule has 1 amide bonds. The predicted molar refractivity (Wildman–Crippen MR) is 89.6 cm³/mol. The van der Waals surface area contributed by atoms with Gasteiger partial charge in [-0.2, -0.15) is 0 Å². The average Bonchev–Trinajstić information content (AvgIpc) is 3.24. The highest BCUT2D eigenvalue weighted by Gasteiger charge is 2.26. The number of rotatable bonds is 3. The summed E-state index contributed by atoms with van der Waals surface area (Å²) in [5.74, 6) is 1.87. The van der Waals surface area contributed by atoms with Gasteiger partial charge in [0.1, 0.15) is 5.82 Å². The van der Waals surface area contributed by atoms with Crippen LogP contribution in [0.15, 0.2) is 41.1 Å². The monoisotopic (exact) mass is 324 g/mol. The maximum atomic E-state index is 12.3. The summed E-state index contributed by atoms with van der Waals surface area (Å²) in [5, 5.41) is 3.61. The quantitative estimate of drug-likeness (QED) is 0.743. The van der Waals surface area contributed by atoms with Crippen molar-refractivity contribution >= 4 is 16.9 Å². The van der Waals surface area contributed by atoms with E-state index in [0.29, 0.717) is 11.7 Å². The standard InChI is InChI=1S/C18H20N4O2/c1-13-20-15-4-2-3-5-16(15)22(13)12-14-7-10-21(11-8-14)18(23)17-6-9-19-24-17/h2-6,9,14H,7-8,10-12H2,1H3. The van der Waals surface area contributed by atoms with Crippen LogP contribution in [0.5, 0.6) is 0 Å². The van der Waals surface area contributed by atoms with Crippen LogP contribution in [0.4, 0.5) is 0 Å². The highest BCUT2D eigenvalue weighted by atomic mass is 16.5. The predicted octanol–water partition coefficient (Wildman–Crippen LogP) is 2.89. The zero-order chi connectivity index (χ0) is 16.5. The Morgan fingerprint density at radius 3 is 2.79 bits per heavy atom. The van der Waals surface area contributed by atoms with Gasteiger partial charge < -0.3 is 14.0 Å². The molecule has 4 rings (SSSR count). The van der Waals surface area contributed by atoms with Crippen LogP contribution in [0, 0.1) is 12.8 Å². The van der Waals surface area contributed by atoms with Crippen LogP contribution >= 0.6 is 0 Å². The fourth-order valence-corrected chi connectivity index (χ4v) is 3.49. The molecular weight excluding hydrogens is 304 g/mol. The topological polar surface area (TPSA) is 64.2 Å². The number of para-hydroxylation sites is 2. The van der Waals surface area contributed by atoms with Gasteiger partial charge in [-0.3, -0.25) is 4.79 Å². The van der Waals surface area contributed by atoms with Crippen molar-refractivity contribution in [2.45, 2.75) is 26.3 Å². The molecule has 3 heterocycles. The second kappa shape index (κ2) is 6.11. The third kappa shape index (κ3) is 2.68. The number of piperidine rings is 1. The molecule has 2 aromatic heterocycles. The molecule has 0 saturated carbocycles. The van der Waals surface area contributed by atoms with Gasteiger partial charge in [-0.15, -0.1) is 0 Å². The lowest BCUT2D eigenvalue weighted by Gasteiger charge is -2.31. The number of nitrogens with zero attached hydrogens (tertiary/aromatic N) is 4. The zero-order valence-electron chi connectivity index (χ0n) is 13.7. The van der Waals surface area contributed by atoms with E-state index in [-0.39, 0.29) is 5.91 Å². The van der Waals surface area contributed by atoms with Crippen LogP contribution in [0.2, 0.25) is 0 Å². The summed E-state index contributed by atoms with van der Waals surface area (Å²) in [5.41, 5.74) is 2.24. The molecule has 0 spiro atoms. The fraction of sp³-hybridized carbons (Fsp3) is 0.389. The normalized spacial score (nSPS) is 16.0. The minimum Gasteiger partial charge on any atom is -0.351 e. The lowest BCUT2D eigenvalue weighted by molar-refractivity contribution is 0.0641. The molecule has 24 heavy (non-hydrogen) atoms. The Morgan fingerprint density at radius 1 is 1.25 bits per heavy atom. The van der Waals surface area contributed by atoms with E-state index in [4.69, 9.17) is 4.52 Å². The molecule has 6 nitrogen and oxygen atoms in total. The number of carbonyl (C=O) groups excluding carboxylic acids is 1. The van der Waals surface area contributed by atoms with Crippen LogP contribution in [0.1, 0.15) is 29.2 Å². The molecule has 0 atom stereocenters. The molecule has 124 valence electrons. The van der Waals surface area contributed by atoms with Gasteiger partial charge in [-0.25, -0.2) is 4.98 Å². The van der Waals surface area contributed by atoms with Gasteiger partial charge in [0.15, 0.2) is 0 Å². The van der Waals surface area contributed by atoms with Crippen LogP contribution in [0.3, 0.4) is 0 Å². The third-order valence-electron chi connectivity index (χ3n) is 4.84. The summed E-state index contributed by atoms with van der Waals surface area (Å²) >= 11 is 0. The molecule has 1 aliphatic heterocycles. The molecule has 1 aliphatic rings. The van der Waals surface area contributed by atoms with Crippen molar-refractivity contribution in [3.8, 4) is 0 Å². The summed E-state index contributed by atoms with van der Waals surface area (Å²) in [6.07, 6.45) is 3.49. The molecule has 1 aromatic carbocycles. The number of benzene rings is 1. The lowest BCUT2D eigenvalue weighted by Crippen LogP contribution is -2.39. The summed E-state index contributed by atoms with van der Waals surface area (Å²) in [6.45, 7) is 4.53. The van der Waals surface area contributed by atoms with Crippen molar-refractivity contribution in [1.29, 1.82) is 0 Å². The number of fused-ring (bicyclic) bond motifs is 1. The molecule has 1 fully saturated rings. The number of imidazole rings is 1. The van der Waals surface area contributed by atoms with Crippen molar-refractivity contribution in [3.05, 3.63) is 48.1 Å². The Balaban J connectivity index is 1.43. The van der Waals surface area contributed by atoms with E-state index in [9.17, 15) is 4.79 Å². The number of amides is 1. The third-order valence-corrected chi connectivity index (χ3v) is 4.84. The molecule has 1 saturated heterocycles. The second-order valence-corrected chi connectivity index (χ2v) is 6.37. The number of hydrogen-bond acceptors (Lipinski definition) is 4. The Bertz CT molecular complexity index is 845. The van der Waals surface area contributed by atoms with Gasteiger partial charge in [-0.05, 0) is 37.8 Å². The van der Waals surface area contributed by atoms with Gasteiger partial charge in [-0.1, -0.05) is 17.3 Å². The number of aromatic nitrogens is 3. The van der Waals surface area contributed by atoms with Crippen LogP contribution in [-0.2, 0) is 6.54 Å². The smallest absolute Gasteiger partial charge is 0.292 e. The molecule has 0 unspecified atom stereocenters. The summed E-state index contributed by atoms with van der Waals surface area (Å²) in [4.78, 5) is 18.8. The second-order valence-electron chi connectivity index (χ2n) is 6.37. The first-order chi connectivity index (χ1) is 11.7. The maximum Gasteiger partial charge on any atom is 0.292 e. The Labute approximate surface area is 140 Å². The molecule has 0 radical (unpaired) electrons. The molecule has 0 bridgehead atoms. The minimum atomic E-state index is -0.0600. The first kappa shape index (κ1) is 14.9. The zero-order valence-corrected chi connectivity index (χ0v) is 13.7. The number of aryl methyl sites for hydroxylation is 1. The van der Waals surface area contributed by atoms with Gasteiger partial charge in [0, 0.05) is 25.7 Å². The number of hydrogen-bond donors (Lipinski definition) is 0. The number of carbonyl (C=O) groups is 1. The van der Waals surface area contributed by atoms with Gasteiger partial charge in [0.05, 0.1) is 17.2 Å². The Kier molecular flexibility index (Phi) is 3.80. The minimum absolute atomic E-state index is 0.0600. The maximum absolute atomic E-state index is 12.3. The first-order valence-electron chi connectivity index (χ1n) is 8.34. The molecular formula is C18H20N4O2. The van der Waals surface area contributed by atoms with Gasteiger partial charge in [0.25, 0.3) is 5.91 Å². The van der Waals surface area contributed by atoms with E-state index in [1.807, 2.05) is 11.0 Å².